The SMILES string of the molecule is O=C(c1ccc[nH]1)N1C[C@@H]2C[C@H](C1)c1ccc(CN3CCCCC3)c(=O)n1C2. The highest BCUT2D eigenvalue weighted by Crippen LogP contribution is 2.35. The highest BCUT2D eigenvalue weighted by molar-refractivity contribution is 5.92. The van der Waals surface area contributed by atoms with E-state index in [4.69, 9.17) is 0 Å². The van der Waals surface area contributed by atoms with Crippen LogP contribution < -0.4 is 5.56 Å². The molecule has 0 spiro atoms. The van der Waals surface area contributed by atoms with E-state index in [1.54, 1.807) is 6.20 Å². The van der Waals surface area contributed by atoms with E-state index in [-0.39, 0.29) is 17.4 Å². The first kappa shape index (κ1) is 17.7. The van der Waals surface area contributed by atoms with E-state index < -0.39 is 0 Å². The summed E-state index contributed by atoms with van der Waals surface area (Å²) in [5, 5.41) is 0. The Kier molecular flexibility index (Phi) is 4.59. The van der Waals surface area contributed by atoms with Gasteiger partial charge in [0.05, 0.1) is 0 Å². The number of fused-ring (bicyclic) bond motifs is 4. The average molecular weight is 380 g/mol. The Balaban J connectivity index is 1.38. The van der Waals surface area contributed by atoms with Crippen LogP contribution in [-0.4, -0.2) is 51.4 Å². The van der Waals surface area contributed by atoms with Crippen molar-refractivity contribution in [2.75, 3.05) is 26.2 Å². The Morgan fingerprint density at radius 2 is 1.93 bits per heavy atom. The first-order valence-electron chi connectivity index (χ1n) is 10.6. The molecule has 0 saturated carbocycles. The van der Waals surface area contributed by atoms with Crippen LogP contribution in [0.5, 0.6) is 0 Å². The van der Waals surface area contributed by atoms with Gasteiger partial charge >= 0.3 is 0 Å². The number of nitrogens with one attached hydrogen (secondary N) is 1. The molecule has 28 heavy (non-hydrogen) atoms. The number of carbonyl (C=O) groups is 1. The number of piperidine rings is 2. The Morgan fingerprint density at radius 3 is 2.71 bits per heavy atom. The monoisotopic (exact) mass is 380 g/mol. The van der Waals surface area contributed by atoms with Crippen LogP contribution in [0.15, 0.2) is 35.3 Å². The topological polar surface area (TPSA) is 61.3 Å². The molecule has 6 nitrogen and oxygen atoms in total. The van der Waals surface area contributed by atoms with Crippen molar-refractivity contribution in [1.29, 1.82) is 0 Å². The summed E-state index contributed by atoms with van der Waals surface area (Å²) in [5.74, 6) is 0.675. The number of hydrogen-bond donors (Lipinski definition) is 1. The van der Waals surface area contributed by atoms with Crippen LogP contribution in [0.4, 0.5) is 0 Å². The lowest BCUT2D eigenvalue weighted by atomic mass is 9.83. The summed E-state index contributed by atoms with van der Waals surface area (Å²) in [4.78, 5) is 33.3. The van der Waals surface area contributed by atoms with Gasteiger partial charge in [-0.1, -0.05) is 12.5 Å². The smallest absolute Gasteiger partial charge is 0.270 e. The van der Waals surface area contributed by atoms with E-state index in [0.717, 1.165) is 50.4 Å². The number of amides is 1. The Hall–Kier alpha value is -2.34. The molecule has 6 heteroatoms. The molecule has 2 aromatic rings. The number of nitrogens with zero attached hydrogens (tertiary/aromatic N) is 3. The first-order valence-corrected chi connectivity index (χ1v) is 10.6. The fraction of sp³-hybridized carbons (Fsp3) is 0.545. The molecule has 5 rings (SSSR count). The van der Waals surface area contributed by atoms with Crippen LogP contribution in [0.2, 0.25) is 0 Å². The van der Waals surface area contributed by atoms with Crippen molar-refractivity contribution < 1.29 is 4.79 Å². The van der Waals surface area contributed by atoms with E-state index in [1.165, 1.54) is 19.3 Å². The third kappa shape index (κ3) is 3.20. The van der Waals surface area contributed by atoms with Crippen LogP contribution in [0.1, 0.15) is 53.3 Å². The van der Waals surface area contributed by atoms with Crippen molar-refractivity contribution in [2.24, 2.45) is 5.92 Å². The van der Waals surface area contributed by atoms with E-state index in [2.05, 4.69) is 16.0 Å². The molecule has 0 radical (unpaired) electrons. The van der Waals surface area contributed by atoms with Gasteiger partial charge in [-0.15, -0.1) is 0 Å². The molecule has 2 aromatic heterocycles. The number of likely N-dealkylation sites (tertiary alicyclic amines) is 2. The normalized spacial score (nSPS) is 24.8. The zero-order valence-corrected chi connectivity index (χ0v) is 16.3. The minimum atomic E-state index is 0.0669. The maximum absolute atomic E-state index is 13.2. The molecule has 0 aromatic carbocycles. The van der Waals surface area contributed by atoms with Gasteiger partial charge in [-0.3, -0.25) is 14.5 Å². The van der Waals surface area contributed by atoms with E-state index in [0.29, 0.717) is 18.2 Å². The minimum absolute atomic E-state index is 0.0669. The summed E-state index contributed by atoms with van der Waals surface area (Å²) in [6.07, 6.45) is 6.64. The predicted molar refractivity (Wildman–Crippen MR) is 107 cm³/mol. The van der Waals surface area contributed by atoms with Crippen LogP contribution >= 0.6 is 0 Å². The zero-order valence-electron chi connectivity index (χ0n) is 16.3. The van der Waals surface area contributed by atoms with Crippen molar-refractivity contribution >= 4 is 5.91 Å². The van der Waals surface area contributed by atoms with Gasteiger partial charge in [0.25, 0.3) is 11.5 Å². The fourth-order valence-corrected chi connectivity index (χ4v) is 5.27. The third-order valence-electron chi connectivity index (χ3n) is 6.64. The number of hydrogen-bond acceptors (Lipinski definition) is 3. The average Bonchev–Trinajstić information content (AvgIpc) is 3.25. The zero-order chi connectivity index (χ0) is 19.1. The molecule has 2 bridgehead atoms. The highest BCUT2D eigenvalue weighted by atomic mass is 16.2. The van der Waals surface area contributed by atoms with Gasteiger partial charge in [0.2, 0.25) is 0 Å². The van der Waals surface area contributed by atoms with Gasteiger partial charge in [0.1, 0.15) is 5.69 Å². The van der Waals surface area contributed by atoms with Crippen molar-refractivity contribution in [2.45, 2.75) is 44.7 Å². The van der Waals surface area contributed by atoms with E-state index in [1.807, 2.05) is 27.7 Å². The summed E-state index contributed by atoms with van der Waals surface area (Å²) >= 11 is 0. The number of carbonyl (C=O) groups excluding carboxylic acids is 1. The van der Waals surface area contributed by atoms with Crippen molar-refractivity contribution in [3.8, 4) is 0 Å². The van der Waals surface area contributed by atoms with Crippen LogP contribution in [0, 0.1) is 5.92 Å². The Bertz CT molecular complexity index is 911. The second-order valence-corrected chi connectivity index (χ2v) is 8.63. The molecule has 2 saturated heterocycles. The van der Waals surface area contributed by atoms with Gasteiger partial charge in [-0.25, -0.2) is 0 Å². The molecule has 1 amide bonds. The first-order chi connectivity index (χ1) is 13.7. The Labute approximate surface area is 165 Å². The van der Waals surface area contributed by atoms with Gasteiger partial charge < -0.3 is 14.5 Å². The number of aromatic amines is 1. The number of H-pyrrole nitrogens is 1. The highest BCUT2D eigenvalue weighted by Gasteiger charge is 2.37. The van der Waals surface area contributed by atoms with E-state index in [9.17, 15) is 9.59 Å². The second kappa shape index (κ2) is 7.24. The lowest BCUT2D eigenvalue weighted by Gasteiger charge is -2.42. The van der Waals surface area contributed by atoms with Crippen molar-refractivity contribution in [1.82, 2.24) is 19.4 Å². The van der Waals surface area contributed by atoms with Crippen molar-refractivity contribution in [3.05, 3.63) is 57.8 Å². The molecule has 1 N–H and O–H groups in total. The van der Waals surface area contributed by atoms with Crippen LogP contribution in [0.25, 0.3) is 0 Å². The predicted octanol–water partition coefficient (Wildman–Crippen LogP) is 2.42. The standard InChI is InChI=1S/C22H28N4O2/c27-21-17(14-24-9-2-1-3-10-24)6-7-20-18-11-16(13-26(20)21)12-25(15-18)22(28)19-5-4-8-23-19/h4-8,16,18,23H,1-3,9-15H2/t16-,18+/m0/s1. The van der Waals surface area contributed by atoms with Gasteiger partial charge in [-0.2, -0.15) is 0 Å². The summed E-state index contributed by atoms with van der Waals surface area (Å²) in [6, 6.07) is 7.87. The number of pyridine rings is 1. The van der Waals surface area contributed by atoms with Gasteiger partial charge in [-0.05, 0) is 56.5 Å². The molecule has 0 unspecified atom stereocenters. The van der Waals surface area contributed by atoms with Crippen LogP contribution in [-0.2, 0) is 13.1 Å². The molecule has 148 valence electrons. The molecular weight excluding hydrogens is 352 g/mol. The minimum Gasteiger partial charge on any atom is -0.357 e. The van der Waals surface area contributed by atoms with E-state index >= 15 is 0 Å². The molecular formula is C22H28N4O2. The van der Waals surface area contributed by atoms with Gasteiger partial charge in [0.15, 0.2) is 0 Å². The second-order valence-electron chi connectivity index (χ2n) is 8.63. The lowest BCUT2D eigenvalue weighted by molar-refractivity contribution is 0.0589. The molecule has 2 fully saturated rings. The summed E-state index contributed by atoms with van der Waals surface area (Å²) < 4.78 is 2.01. The molecule has 5 heterocycles. The Morgan fingerprint density at radius 1 is 1.07 bits per heavy atom. The number of aromatic nitrogens is 2. The molecule has 0 aliphatic carbocycles. The van der Waals surface area contributed by atoms with Crippen molar-refractivity contribution in [3.63, 3.8) is 0 Å². The summed E-state index contributed by atoms with van der Waals surface area (Å²) in [6.45, 7) is 5.12. The summed E-state index contributed by atoms with van der Waals surface area (Å²) in [5.41, 5.74) is 2.86. The maximum Gasteiger partial charge on any atom is 0.270 e. The molecule has 3 aliphatic heterocycles. The van der Waals surface area contributed by atoms with Crippen LogP contribution in [0.3, 0.4) is 0 Å². The maximum atomic E-state index is 13.2. The van der Waals surface area contributed by atoms with Gasteiger partial charge in [0, 0.05) is 49.6 Å². The molecule has 2 atom stereocenters. The quantitative estimate of drug-likeness (QED) is 0.890. The molecule has 3 aliphatic rings. The third-order valence-corrected chi connectivity index (χ3v) is 6.64. The fourth-order valence-electron chi connectivity index (χ4n) is 5.27. The summed E-state index contributed by atoms with van der Waals surface area (Å²) in [7, 11) is 0. The largest absolute Gasteiger partial charge is 0.357 e. The lowest BCUT2D eigenvalue weighted by Crippen LogP contribution is -2.49. The number of rotatable bonds is 3.